The molecule has 3 aromatic carbocycles. The summed E-state index contributed by atoms with van der Waals surface area (Å²) < 4.78 is 0. The maximum atomic E-state index is 14.5. The number of aromatic nitrogens is 6. The number of aryl methyl sites for hydroxylation is 1. The fourth-order valence-corrected chi connectivity index (χ4v) is 9.74. The number of phenols is 1. The molecular formula is C51H54N10O5S. The van der Waals surface area contributed by atoms with Crippen LogP contribution in [0.2, 0.25) is 0 Å². The molecule has 16 heteroatoms. The van der Waals surface area contributed by atoms with Gasteiger partial charge in [0.25, 0.3) is 5.91 Å². The zero-order chi connectivity index (χ0) is 47.0. The highest BCUT2D eigenvalue weighted by atomic mass is 32.1. The van der Waals surface area contributed by atoms with Crippen LogP contribution in [0.4, 0.5) is 5.95 Å². The molecule has 344 valence electrons. The van der Waals surface area contributed by atoms with Crippen LogP contribution in [0.5, 0.6) is 5.75 Å². The Morgan fingerprint density at radius 3 is 2.24 bits per heavy atom. The van der Waals surface area contributed by atoms with Crippen molar-refractivity contribution in [3.05, 3.63) is 125 Å². The number of benzene rings is 3. The number of aliphatic hydroxyl groups is 1. The molecule has 0 aliphatic carbocycles. The number of hydrogen-bond donors (Lipinski definition) is 5. The number of fused-ring (bicyclic) bond motifs is 1. The smallest absolute Gasteiger partial charge is 0.252 e. The Labute approximate surface area is 392 Å². The largest absolute Gasteiger partial charge is 0.507 e. The Morgan fingerprint density at radius 2 is 1.57 bits per heavy atom. The number of aromatic amines is 1. The van der Waals surface area contributed by atoms with Crippen LogP contribution in [-0.2, 0) is 16.1 Å². The van der Waals surface area contributed by atoms with Crippen LogP contribution in [0.15, 0.2) is 103 Å². The number of phenolic OH excluding ortho intramolecular Hbond substituents is 1. The Kier molecular flexibility index (Phi) is 12.3. The summed E-state index contributed by atoms with van der Waals surface area (Å²) in [7, 11) is 0. The van der Waals surface area contributed by atoms with Crippen LogP contribution in [0.25, 0.3) is 43.9 Å². The van der Waals surface area contributed by atoms with E-state index in [2.05, 4.69) is 41.8 Å². The molecule has 0 radical (unpaired) electrons. The standard InChI is InChI=1S/C51H54N10O5S/c1-30-44(67-29-55-30)34-12-10-31(11-13-34)25-52-47(65)42-24-38(62)28-61(42)48(66)51(5,50(2,3)4)57-46(64)35-16-14-32(15-17-35)37-26-53-49(54-27-37)60-20-18-33(19-21-60)40-22-36-23-41(58-59-45(36)56-40)39-8-6-7-9-43(39)63/h6-17,22-23,26-27,29,33,38,42,62-63H,18-21,24-25,28H2,1-5H3,(H,52,65)(H,56,59)(H,57,64)/t38-,42+,51?/m1/s1. The number of β-amino-alcohol motifs (C(OH)–C–C–N with tert-alkyl or cyclic N) is 1. The van der Waals surface area contributed by atoms with Crippen molar-refractivity contribution in [2.45, 2.75) is 84.0 Å². The number of para-hydroxylation sites is 1. The zero-order valence-corrected chi connectivity index (χ0v) is 39.0. The number of H-pyrrole nitrogens is 1. The summed E-state index contributed by atoms with van der Waals surface area (Å²) in [6.45, 7) is 11.1. The molecule has 0 spiro atoms. The van der Waals surface area contributed by atoms with E-state index in [1.807, 2.05) is 87.8 Å². The van der Waals surface area contributed by atoms with Gasteiger partial charge in [0.2, 0.25) is 17.8 Å². The molecule has 3 atom stereocenters. The molecule has 9 rings (SSSR count). The van der Waals surface area contributed by atoms with Crippen molar-refractivity contribution in [1.82, 2.24) is 45.7 Å². The maximum Gasteiger partial charge on any atom is 0.252 e. The second-order valence-corrected chi connectivity index (χ2v) is 19.6. The van der Waals surface area contributed by atoms with Gasteiger partial charge in [0, 0.05) is 78.7 Å². The quantitative estimate of drug-likeness (QED) is 0.0865. The van der Waals surface area contributed by atoms with Gasteiger partial charge < -0.3 is 35.6 Å². The number of carbonyl (C=O) groups is 3. The number of anilines is 1. The normalized spacial score (nSPS) is 17.6. The van der Waals surface area contributed by atoms with Gasteiger partial charge in [-0.2, -0.15) is 0 Å². The second kappa shape index (κ2) is 18.3. The second-order valence-electron chi connectivity index (χ2n) is 18.8. The SMILES string of the molecule is Cc1ncsc1-c1ccc(CNC(=O)[C@@H]2C[C@@H](O)CN2C(=O)C(C)(NC(=O)c2ccc(-c3cnc(N4CCC(c5cc6cc(-c7ccccc7O)nnc6[nH]5)CC4)nc3)cc2)C(C)(C)C)cc1. The molecule has 7 aromatic rings. The van der Waals surface area contributed by atoms with E-state index >= 15 is 0 Å². The number of carbonyl (C=O) groups excluding carboxylic acids is 3. The summed E-state index contributed by atoms with van der Waals surface area (Å²) in [4.78, 5) is 64.0. The third-order valence-electron chi connectivity index (χ3n) is 13.5. The molecule has 6 heterocycles. The number of aromatic hydroxyl groups is 1. The fraction of sp³-hybridized carbons (Fsp3) is 0.333. The third-order valence-corrected chi connectivity index (χ3v) is 14.5. The van der Waals surface area contributed by atoms with Gasteiger partial charge >= 0.3 is 0 Å². The van der Waals surface area contributed by atoms with E-state index in [9.17, 15) is 24.6 Å². The number of likely N-dealkylation sites (tertiary alicyclic amines) is 1. The lowest BCUT2D eigenvalue weighted by atomic mass is 9.73. The van der Waals surface area contributed by atoms with E-state index in [4.69, 9.17) is 9.97 Å². The van der Waals surface area contributed by atoms with Crippen LogP contribution < -0.4 is 15.5 Å². The first kappa shape index (κ1) is 45.1. The van der Waals surface area contributed by atoms with Crippen molar-refractivity contribution in [2.24, 2.45) is 5.41 Å². The molecule has 15 nitrogen and oxygen atoms in total. The van der Waals surface area contributed by atoms with E-state index in [0.717, 1.165) is 75.5 Å². The lowest BCUT2D eigenvalue weighted by molar-refractivity contribution is -0.146. The molecule has 2 aliphatic rings. The number of rotatable bonds is 11. The molecular weight excluding hydrogens is 865 g/mol. The average Bonchev–Trinajstić information content (AvgIpc) is 4.08. The summed E-state index contributed by atoms with van der Waals surface area (Å²) in [5.41, 5.74) is 7.60. The van der Waals surface area contributed by atoms with Gasteiger partial charge in [-0.25, -0.2) is 15.0 Å². The molecule has 0 bridgehead atoms. The fourth-order valence-electron chi connectivity index (χ4n) is 8.93. The minimum Gasteiger partial charge on any atom is -0.507 e. The van der Waals surface area contributed by atoms with Crippen molar-refractivity contribution in [3.63, 3.8) is 0 Å². The lowest BCUT2D eigenvalue weighted by Crippen LogP contribution is -2.66. The summed E-state index contributed by atoms with van der Waals surface area (Å²) in [5, 5.41) is 36.7. The first-order valence-corrected chi connectivity index (χ1v) is 23.4. The van der Waals surface area contributed by atoms with Crippen LogP contribution in [-0.4, -0.2) is 100 Å². The maximum absolute atomic E-state index is 14.5. The minimum absolute atomic E-state index is 0.0272. The van der Waals surface area contributed by atoms with E-state index in [0.29, 0.717) is 28.7 Å². The van der Waals surface area contributed by atoms with E-state index < -0.39 is 34.9 Å². The monoisotopic (exact) mass is 918 g/mol. The molecule has 67 heavy (non-hydrogen) atoms. The number of nitrogens with zero attached hydrogens (tertiary/aromatic N) is 7. The van der Waals surface area contributed by atoms with Gasteiger partial charge in [-0.3, -0.25) is 14.4 Å². The van der Waals surface area contributed by atoms with Crippen LogP contribution in [0.3, 0.4) is 0 Å². The van der Waals surface area contributed by atoms with Crippen LogP contribution in [0.1, 0.15) is 80.2 Å². The van der Waals surface area contributed by atoms with Gasteiger partial charge in [0.05, 0.1) is 27.9 Å². The molecule has 0 saturated carbocycles. The predicted octanol–water partition coefficient (Wildman–Crippen LogP) is 7.42. The number of nitrogens with one attached hydrogen (secondary N) is 3. The Bertz CT molecular complexity index is 2920. The van der Waals surface area contributed by atoms with Crippen LogP contribution >= 0.6 is 11.3 Å². The third kappa shape index (κ3) is 9.23. The highest BCUT2D eigenvalue weighted by molar-refractivity contribution is 7.13. The molecule has 3 amide bonds. The van der Waals surface area contributed by atoms with E-state index in [-0.39, 0.29) is 31.2 Å². The zero-order valence-electron chi connectivity index (χ0n) is 38.2. The minimum atomic E-state index is -1.43. The van der Waals surface area contributed by atoms with Gasteiger partial charge in [0.1, 0.15) is 17.3 Å². The van der Waals surface area contributed by atoms with E-state index in [1.165, 1.54) is 4.90 Å². The summed E-state index contributed by atoms with van der Waals surface area (Å²) >= 11 is 1.58. The Hall–Kier alpha value is -7.04. The van der Waals surface area contributed by atoms with Crippen molar-refractivity contribution < 1.29 is 24.6 Å². The molecule has 2 fully saturated rings. The van der Waals surface area contributed by atoms with Gasteiger partial charge in [-0.15, -0.1) is 21.5 Å². The predicted molar refractivity (Wildman–Crippen MR) is 258 cm³/mol. The number of aliphatic hydroxyl groups excluding tert-OH is 1. The molecule has 5 N–H and O–H groups in total. The molecule has 1 unspecified atom stereocenters. The molecule has 2 saturated heterocycles. The lowest BCUT2D eigenvalue weighted by Gasteiger charge is -2.44. The van der Waals surface area contributed by atoms with Gasteiger partial charge in [0.15, 0.2) is 5.65 Å². The van der Waals surface area contributed by atoms with Gasteiger partial charge in [-0.1, -0.05) is 69.3 Å². The number of hydrogen-bond acceptors (Lipinski definition) is 12. The number of piperidine rings is 1. The highest BCUT2D eigenvalue weighted by Gasteiger charge is 2.52. The highest BCUT2D eigenvalue weighted by Crippen LogP contribution is 2.36. The number of amides is 3. The first-order chi connectivity index (χ1) is 32.1. The van der Waals surface area contributed by atoms with Crippen molar-refractivity contribution in [3.8, 4) is 38.6 Å². The average molecular weight is 919 g/mol. The molecule has 4 aromatic heterocycles. The topological polar surface area (TPSA) is 202 Å². The Morgan fingerprint density at radius 1 is 0.866 bits per heavy atom. The first-order valence-electron chi connectivity index (χ1n) is 22.6. The van der Waals surface area contributed by atoms with Crippen LogP contribution in [0, 0.1) is 12.3 Å². The molecule has 2 aliphatic heterocycles. The van der Waals surface area contributed by atoms with Crippen molar-refractivity contribution in [1.29, 1.82) is 0 Å². The van der Waals surface area contributed by atoms with Crippen molar-refractivity contribution in [2.75, 3.05) is 24.5 Å². The van der Waals surface area contributed by atoms with Gasteiger partial charge in [-0.05, 0) is 85.2 Å². The Balaban J connectivity index is 0.804. The number of thiazole rings is 1. The summed E-state index contributed by atoms with van der Waals surface area (Å²) in [6.07, 6.45) is 4.58. The van der Waals surface area contributed by atoms with Crippen molar-refractivity contribution >= 4 is 46.0 Å². The summed E-state index contributed by atoms with van der Waals surface area (Å²) in [6, 6.07) is 25.3. The van der Waals surface area contributed by atoms with E-state index in [1.54, 1.807) is 54.9 Å². The summed E-state index contributed by atoms with van der Waals surface area (Å²) in [5.74, 6) is -0.127.